The van der Waals surface area contributed by atoms with Gasteiger partial charge in [0.25, 0.3) is 5.91 Å². The molecular formula is C14H12BrClN2O. The zero-order valence-electron chi connectivity index (χ0n) is 10.2. The number of amides is 1. The van der Waals surface area contributed by atoms with Crippen LogP contribution in [0.1, 0.15) is 10.4 Å². The van der Waals surface area contributed by atoms with Gasteiger partial charge in [0.05, 0.1) is 15.2 Å². The number of nitrogens with one attached hydrogen (secondary N) is 2. The molecule has 2 rings (SSSR count). The minimum atomic E-state index is -0.175. The van der Waals surface area contributed by atoms with Gasteiger partial charge in [-0.05, 0) is 52.3 Å². The maximum atomic E-state index is 12.1. The van der Waals surface area contributed by atoms with Gasteiger partial charge in [-0.3, -0.25) is 4.79 Å². The minimum absolute atomic E-state index is 0.175. The van der Waals surface area contributed by atoms with E-state index in [9.17, 15) is 4.79 Å². The molecule has 19 heavy (non-hydrogen) atoms. The Morgan fingerprint density at radius 1 is 1.16 bits per heavy atom. The standard InChI is InChI=1S/C14H12BrClN2O/c1-17-10-7-5-9(6-8-10)14(19)18-12-4-2-3-11(16)13(12)15/h2-8,17H,1H3,(H,18,19). The zero-order chi connectivity index (χ0) is 13.8. The van der Waals surface area contributed by atoms with Crippen molar-refractivity contribution in [2.45, 2.75) is 0 Å². The van der Waals surface area contributed by atoms with E-state index in [2.05, 4.69) is 26.6 Å². The summed E-state index contributed by atoms with van der Waals surface area (Å²) in [5.41, 5.74) is 2.20. The number of hydrogen-bond donors (Lipinski definition) is 2. The van der Waals surface area contributed by atoms with E-state index in [-0.39, 0.29) is 5.91 Å². The lowest BCUT2D eigenvalue weighted by Gasteiger charge is -2.09. The highest BCUT2D eigenvalue weighted by Gasteiger charge is 2.09. The molecule has 0 aromatic heterocycles. The van der Waals surface area contributed by atoms with Gasteiger partial charge in [-0.25, -0.2) is 0 Å². The summed E-state index contributed by atoms with van der Waals surface area (Å²) in [6.07, 6.45) is 0. The molecule has 0 atom stereocenters. The molecular weight excluding hydrogens is 328 g/mol. The fourth-order valence-corrected chi connectivity index (χ4v) is 2.12. The smallest absolute Gasteiger partial charge is 0.255 e. The normalized spacial score (nSPS) is 10.1. The molecule has 0 aliphatic heterocycles. The van der Waals surface area contributed by atoms with Crippen molar-refractivity contribution in [3.05, 3.63) is 57.5 Å². The van der Waals surface area contributed by atoms with Gasteiger partial charge in [-0.15, -0.1) is 0 Å². The number of hydrogen-bond acceptors (Lipinski definition) is 2. The molecule has 0 aliphatic carbocycles. The van der Waals surface area contributed by atoms with Crippen LogP contribution in [0.5, 0.6) is 0 Å². The second-order valence-electron chi connectivity index (χ2n) is 3.88. The van der Waals surface area contributed by atoms with Crippen LogP contribution < -0.4 is 10.6 Å². The quantitative estimate of drug-likeness (QED) is 0.870. The Balaban J connectivity index is 2.18. The van der Waals surface area contributed by atoms with Crippen molar-refractivity contribution in [2.24, 2.45) is 0 Å². The van der Waals surface area contributed by atoms with Crippen LogP contribution in [0, 0.1) is 0 Å². The van der Waals surface area contributed by atoms with Crippen molar-refractivity contribution in [3.8, 4) is 0 Å². The molecule has 0 spiro atoms. The first kappa shape index (κ1) is 13.9. The molecule has 0 fully saturated rings. The maximum Gasteiger partial charge on any atom is 0.255 e. The summed E-state index contributed by atoms with van der Waals surface area (Å²) in [5.74, 6) is -0.175. The number of carbonyl (C=O) groups excluding carboxylic acids is 1. The van der Waals surface area contributed by atoms with Crippen molar-refractivity contribution >= 4 is 44.8 Å². The third-order valence-electron chi connectivity index (χ3n) is 2.64. The van der Waals surface area contributed by atoms with Gasteiger partial charge in [0.1, 0.15) is 0 Å². The van der Waals surface area contributed by atoms with Crippen LogP contribution in [0.2, 0.25) is 5.02 Å². The second-order valence-corrected chi connectivity index (χ2v) is 5.08. The minimum Gasteiger partial charge on any atom is -0.388 e. The van der Waals surface area contributed by atoms with Crippen LogP contribution in [0.3, 0.4) is 0 Å². The number of anilines is 2. The maximum absolute atomic E-state index is 12.1. The van der Waals surface area contributed by atoms with Crippen molar-refractivity contribution < 1.29 is 4.79 Å². The van der Waals surface area contributed by atoms with Crippen LogP contribution in [0.4, 0.5) is 11.4 Å². The lowest BCUT2D eigenvalue weighted by molar-refractivity contribution is 0.102. The zero-order valence-corrected chi connectivity index (χ0v) is 12.5. The predicted octanol–water partition coefficient (Wildman–Crippen LogP) is 4.40. The summed E-state index contributed by atoms with van der Waals surface area (Å²) in [6, 6.07) is 12.6. The lowest BCUT2D eigenvalue weighted by Crippen LogP contribution is -2.12. The third kappa shape index (κ3) is 3.28. The van der Waals surface area contributed by atoms with Gasteiger partial charge in [0, 0.05) is 18.3 Å². The highest BCUT2D eigenvalue weighted by Crippen LogP contribution is 2.30. The van der Waals surface area contributed by atoms with E-state index in [1.165, 1.54) is 0 Å². The molecule has 1 amide bonds. The number of rotatable bonds is 3. The lowest BCUT2D eigenvalue weighted by atomic mass is 10.2. The molecule has 0 unspecified atom stereocenters. The summed E-state index contributed by atoms with van der Waals surface area (Å²) >= 11 is 9.32. The van der Waals surface area contributed by atoms with Gasteiger partial charge in [0.15, 0.2) is 0 Å². The van der Waals surface area contributed by atoms with Crippen molar-refractivity contribution in [1.82, 2.24) is 0 Å². The molecule has 98 valence electrons. The summed E-state index contributed by atoms with van der Waals surface area (Å²) in [5, 5.41) is 6.38. The van der Waals surface area contributed by atoms with Crippen molar-refractivity contribution in [1.29, 1.82) is 0 Å². The Morgan fingerprint density at radius 3 is 2.47 bits per heavy atom. The molecule has 0 heterocycles. The molecule has 5 heteroatoms. The first-order valence-corrected chi connectivity index (χ1v) is 6.82. The van der Waals surface area contributed by atoms with Crippen LogP contribution in [0.15, 0.2) is 46.9 Å². The third-order valence-corrected chi connectivity index (χ3v) is 4.03. The van der Waals surface area contributed by atoms with E-state index < -0.39 is 0 Å². The van der Waals surface area contributed by atoms with Crippen LogP contribution in [0.25, 0.3) is 0 Å². The summed E-state index contributed by atoms with van der Waals surface area (Å²) < 4.78 is 0.678. The molecule has 0 aliphatic rings. The fraction of sp³-hybridized carbons (Fsp3) is 0.0714. The Bertz CT molecular complexity index is 599. The Labute approximate surface area is 125 Å². The molecule has 0 saturated carbocycles. The van der Waals surface area contributed by atoms with E-state index in [1.54, 1.807) is 30.3 Å². The molecule has 3 nitrogen and oxygen atoms in total. The van der Waals surface area contributed by atoms with E-state index >= 15 is 0 Å². The SMILES string of the molecule is CNc1ccc(C(=O)Nc2cccc(Cl)c2Br)cc1. The van der Waals surface area contributed by atoms with Gasteiger partial charge in [0.2, 0.25) is 0 Å². The number of halogens is 2. The largest absolute Gasteiger partial charge is 0.388 e. The first-order valence-electron chi connectivity index (χ1n) is 5.65. The molecule has 2 aromatic carbocycles. The molecule has 0 radical (unpaired) electrons. The first-order chi connectivity index (χ1) is 9.11. The monoisotopic (exact) mass is 338 g/mol. The molecule has 2 N–H and O–H groups in total. The average Bonchev–Trinajstić information content (AvgIpc) is 2.44. The Morgan fingerprint density at radius 2 is 1.84 bits per heavy atom. The molecule has 2 aromatic rings. The fourth-order valence-electron chi connectivity index (χ4n) is 1.58. The van der Waals surface area contributed by atoms with E-state index in [4.69, 9.17) is 11.6 Å². The molecule has 0 saturated heterocycles. The molecule has 0 bridgehead atoms. The van der Waals surface area contributed by atoms with Crippen molar-refractivity contribution in [2.75, 3.05) is 17.7 Å². The highest BCUT2D eigenvalue weighted by molar-refractivity contribution is 9.10. The Kier molecular flexibility index (Phi) is 4.45. The van der Waals surface area contributed by atoms with Gasteiger partial charge < -0.3 is 10.6 Å². The average molecular weight is 340 g/mol. The summed E-state index contributed by atoms with van der Waals surface area (Å²) in [7, 11) is 1.83. The predicted molar refractivity (Wildman–Crippen MR) is 83.1 cm³/mol. The summed E-state index contributed by atoms with van der Waals surface area (Å²) in [6.45, 7) is 0. The van der Waals surface area contributed by atoms with E-state index in [0.29, 0.717) is 20.7 Å². The number of benzene rings is 2. The van der Waals surface area contributed by atoms with Crippen LogP contribution in [-0.4, -0.2) is 13.0 Å². The van der Waals surface area contributed by atoms with Gasteiger partial charge in [-0.1, -0.05) is 17.7 Å². The highest BCUT2D eigenvalue weighted by atomic mass is 79.9. The number of carbonyl (C=O) groups is 1. The van der Waals surface area contributed by atoms with Crippen LogP contribution >= 0.6 is 27.5 Å². The second kappa shape index (κ2) is 6.08. The van der Waals surface area contributed by atoms with E-state index in [1.807, 2.05) is 19.2 Å². The topological polar surface area (TPSA) is 41.1 Å². The Hall–Kier alpha value is -1.52. The van der Waals surface area contributed by atoms with Crippen molar-refractivity contribution in [3.63, 3.8) is 0 Å². The summed E-state index contributed by atoms with van der Waals surface area (Å²) in [4.78, 5) is 12.1. The van der Waals surface area contributed by atoms with Crippen LogP contribution in [-0.2, 0) is 0 Å². The van der Waals surface area contributed by atoms with Gasteiger partial charge >= 0.3 is 0 Å². The van der Waals surface area contributed by atoms with Gasteiger partial charge in [-0.2, -0.15) is 0 Å². The van der Waals surface area contributed by atoms with E-state index in [0.717, 1.165) is 5.69 Å².